The zero-order valence-electron chi connectivity index (χ0n) is 9.07. The molecule has 0 amide bonds. The Morgan fingerprint density at radius 3 is 2.62 bits per heavy atom. The lowest BCUT2D eigenvalue weighted by Gasteiger charge is -2.03. The fourth-order valence-corrected chi connectivity index (χ4v) is 1.46. The van der Waals surface area contributed by atoms with Gasteiger partial charge in [0, 0.05) is 12.4 Å². The second-order valence-corrected chi connectivity index (χ2v) is 3.61. The Hall–Kier alpha value is -2.03. The topological polar surface area (TPSA) is 42.1 Å². The Kier molecular flexibility index (Phi) is 3.05. The molecule has 3 nitrogen and oxygen atoms in total. The standard InChI is InChI=1S/C13H13NO2/c1-10-7-14-8-12(10)13(15)16-9-11-5-3-2-4-6-11/h2-8,14H,9H2,1H3. The van der Waals surface area contributed by atoms with Gasteiger partial charge in [0.1, 0.15) is 6.61 Å². The van der Waals surface area contributed by atoms with Crippen LogP contribution >= 0.6 is 0 Å². The molecule has 2 rings (SSSR count). The van der Waals surface area contributed by atoms with E-state index in [9.17, 15) is 4.79 Å². The highest BCUT2D eigenvalue weighted by Gasteiger charge is 2.10. The molecule has 0 saturated carbocycles. The van der Waals surface area contributed by atoms with Crippen LogP contribution in [0.25, 0.3) is 0 Å². The summed E-state index contributed by atoms with van der Waals surface area (Å²) in [5.74, 6) is -0.289. The van der Waals surface area contributed by atoms with Gasteiger partial charge in [0.05, 0.1) is 5.56 Å². The molecule has 0 aliphatic rings. The molecule has 3 heteroatoms. The Balaban J connectivity index is 1.97. The van der Waals surface area contributed by atoms with E-state index in [4.69, 9.17) is 4.74 Å². The van der Waals surface area contributed by atoms with Crippen molar-refractivity contribution in [2.75, 3.05) is 0 Å². The number of hydrogen-bond donors (Lipinski definition) is 1. The highest BCUT2D eigenvalue weighted by atomic mass is 16.5. The fraction of sp³-hybridized carbons (Fsp3) is 0.154. The molecule has 1 heterocycles. The smallest absolute Gasteiger partial charge is 0.340 e. The number of aromatic amines is 1. The van der Waals surface area contributed by atoms with E-state index in [1.54, 1.807) is 12.4 Å². The number of carbonyl (C=O) groups is 1. The largest absolute Gasteiger partial charge is 0.457 e. The molecule has 0 atom stereocenters. The molecule has 0 unspecified atom stereocenters. The van der Waals surface area contributed by atoms with Crippen LogP contribution < -0.4 is 0 Å². The van der Waals surface area contributed by atoms with E-state index in [1.807, 2.05) is 37.3 Å². The van der Waals surface area contributed by atoms with Crippen molar-refractivity contribution in [3.05, 3.63) is 59.4 Å². The zero-order valence-corrected chi connectivity index (χ0v) is 9.07. The second-order valence-electron chi connectivity index (χ2n) is 3.61. The molecule has 0 aliphatic carbocycles. The van der Waals surface area contributed by atoms with Crippen molar-refractivity contribution in [1.29, 1.82) is 0 Å². The van der Waals surface area contributed by atoms with Gasteiger partial charge in [-0.3, -0.25) is 0 Å². The number of hydrogen-bond acceptors (Lipinski definition) is 2. The minimum absolute atomic E-state index is 0.289. The minimum atomic E-state index is -0.289. The molecule has 1 aromatic heterocycles. The van der Waals surface area contributed by atoms with E-state index in [0.717, 1.165) is 11.1 Å². The monoisotopic (exact) mass is 215 g/mol. The van der Waals surface area contributed by atoms with Gasteiger partial charge in [-0.05, 0) is 18.1 Å². The van der Waals surface area contributed by atoms with Crippen LogP contribution in [0.4, 0.5) is 0 Å². The van der Waals surface area contributed by atoms with Crippen LogP contribution in [0.3, 0.4) is 0 Å². The molecule has 1 N–H and O–H groups in total. The summed E-state index contributed by atoms with van der Waals surface area (Å²) in [6.45, 7) is 2.18. The van der Waals surface area contributed by atoms with Crippen molar-refractivity contribution in [2.24, 2.45) is 0 Å². The molecule has 0 bridgehead atoms. The fourth-order valence-electron chi connectivity index (χ4n) is 1.46. The maximum absolute atomic E-state index is 11.7. The molecule has 0 saturated heterocycles. The van der Waals surface area contributed by atoms with Crippen LogP contribution in [0.5, 0.6) is 0 Å². The third-order valence-electron chi connectivity index (χ3n) is 2.39. The van der Waals surface area contributed by atoms with Crippen LogP contribution in [0.2, 0.25) is 0 Å². The molecule has 16 heavy (non-hydrogen) atoms. The number of benzene rings is 1. The van der Waals surface area contributed by atoms with Crippen LogP contribution in [0.15, 0.2) is 42.7 Å². The predicted molar refractivity (Wildman–Crippen MR) is 61.1 cm³/mol. The van der Waals surface area contributed by atoms with Gasteiger partial charge in [0.2, 0.25) is 0 Å². The molecule has 0 aliphatic heterocycles. The Labute approximate surface area is 94.1 Å². The van der Waals surface area contributed by atoms with E-state index in [0.29, 0.717) is 12.2 Å². The van der Waals surface area contributed by atoms with Gasteiger partial charge in [-0.15, -0.1) is 0 Å². The first-order valence-corrected chi connectivity index (χ1v) is 5.12. The summed E-state index contributed by atoms with van der Waals surface area (Å²) in [5.41, 5.74) is 2.48. The molecule has 1 aromatic carbocycles. The van der Waals surface area contributed by atoms with Crippen molar-refractivity contribution in [1.82, 2.24) is 4.98 Å². The SMILES string of the molecule is Cc1c[nH]cc1C(=O)OCc1ccccc1. The van der Waals surface area contributed by atoms with Crippen LogP contribution in [-0.4, -0.2) is 11.0 Å². The molecular formula is C13H13NO2. The van der Waals surface area contributed by atoms with Crippen molar-refractivity contribution in [2.45, 2.75) is 13.5 Å². The highest BCUT2D eigenvalue weighted by molar-refractivity contribution is 5.90. The Bertz CT molecular complexity index is 474. The quantitative estimate of drug-likeness (QED) is 0.800. The van der Waals surface area contributed by atoms with E-state index in [2.05, 4.69) is 4.98 Å². The highest BCUT2D eigenvalue weighted by Crippen LogP contribution is 2.09. The summed E-state index contributed by atoms with van der Waals surface area (Å²) < 4.78 is 5.19. The number of carbonyl (C=O) groups excluding carboxylic acids is 1. The zero-order chi connectivity index (χ0) is 11.4. The van der Waals surface area contributed by atoms with Gasteiger partial charge in [-0.2, -0.15) is 0 Å². The number of H-pyrrole nitrogens is 1. The number of esters is 1. The first kappa shape index (κ1) is 10.5. The number of aromatic nitrogens is 1. The van der Waals surface area contributed by atoms with Crippen LogP contribution in [0, 0.1) is 6.92 Å². The van der Waals surface area contributed by atoms with Gasteiger partial charge in [0.25, 0.3) is 0 Å². The third kappa shape index (κ3) is 2.31. The van der Waals surface area contributed by atoms with E-state index in [-0.39, 0.29) is 5.97 Å². The van der Waals surface area contributed by atoms with E-state index < -0.39 is 0 Å². The number of nitrogens with one attached hydrogen (secondary N) is 1. The predicted octanol–water partition coefficient (Wildman–Crippen LogP) is 2.68. The minimum Gasteiger partial charge on any atom is -0.457 e. The molecule has 0 fully saturated rings. The van der Waals surface area contributed by atoms with Crippen LogP contribution in [0.1, 0.15) is 21.5 Å². The van der Waals surface area contributed by atoms with Crippen molar-refractivity contribution in [3.63, 3.8) is 0 Å². The lowest BCUT2D eigenvalue weighted by atomic mass is 10.2. The van der Waals surface area contributed by atoms with Crippen molar-refractivity contribution >= 4 is 5.97 Å². The molecule has 82 valence electrons. The van der Waals surface area contributed by atoms with Crippen molar-refractivity contribution < 1.29 is 9.53 Å². The lowest BCUT2D eigenvalue weighted by molar-refractivity contribution is 0.0472. The number of aryl methyl sites for hydroxylation is 1. The Morgan fingerprint density at radius 2 is 2.00 bits per heavy atom. The normalized spacial score (nSPS) is 10.1. The Morgan fingerprint density at radius 1 is 1.25 bits per heavy atom. The maximum Gasteiger partial charge on any atom is 0.340 e. The first-order valence-electron chi connectivity index (χ1n) is 5.12. The number of ether oxygens (including phenoxy) is 1. The maximum atomic E-state index is 11.7. The van der Waals surface area contributed by atoms with Gasteiger partial charge in [-0.25, -0.2) is 4.79 Å². The summed E-state index contributed by atoms with van der Waals surface area (Å²) >= 11 is 0. The van der Waals surface area contributed by atoms with Gasteiger partial charge in [0.15, 0.2) is 0 Å². The molecule has 0 spiro atoms. The van der Waals surface area contributed by atoms with E-state index in [1.165, 1.54) is 0 Å². The average Bonchev–Trinajstić information content (AvgIpc) is 2.74. The first-order chi connectivity index (χ1) is 7.77. The molecule has 0 radical (unpaired) electrons. The second kappa shape index (κ2) is 4.66. The lowest BCUT2D eigenvalue weighted by Crippen LogP contribution is -2.05. The van der Waals surface area contributed by atoms with E-state index >= 15 is 0 Å². The summed E-state index contributed by atoms with van der Waals surface area (Å²) in [4.78, 5) is 14.5. The molecular weight excluding hydrogens is 202 g/mol. The average molecular weight is 215 g/mol. The summed E-state index contributed by atoms with van der Waals surface area (Å²) in [5, 5.41) is 0. The van der Waals surface area contributed by atoms with Gasteiger partial charge < -0.3 is 9.72 Å². The number of rotatable bonds is 3. The third-order valence-corrected chi connectivity index (χ3v) is 2.39. The van der Waals surface area contributed by atoms with Crippen molar-refractivity contribution in [3.8, 4) is 0 Å². The summed E-state index contributed by atoms with van der Waals surface area (Å²) in [6, 6.07) is 9.63. The molecule has 2 aromatic rings. The summed E-state index contributed by atoms with van der Waals surface area (Å²) in [7, 11) is 0. The summed E-state index contributed by atoms with van der Waals surface area (Å²) in [6.07, 6.45) is 3.43. The van der Waals surface area contributed by atoms with Gasteiger partial charge in [-0.1, -0.05) is 30.3 Å². The van der Waals surface area contributed by atoms with Crippen LogP contribution in [-0.2, 0) is 11.3 Å². The van der Waals surface area contributed by atoms with Gasteiger partial charge >= 0.3 is 5.97 Å².